The van der Waals surface area contributed by atoms with Crippen LogP contribution in [0.3, 0.4) is 0 Å². The maximum absolute atomic E-state index is 5.56. The van der Waals surface area contributed by atoms with Crippen LogP contribution in [0.25, 0.3) is 0 Å². The van der Waals surface area contributed by atoms with E-state index in [-0.39, 0.29) is 6.10 Å². The third-order valence-electron chi connectivity index (χ3n) is 2.31. The quantitative estimate of drug-likeness (QED) is 0.766. The van der Waals surface area contributed by atoms with Gasteiger partial charge in [0.1, 0.15) is 12.4 Å². The number of hydrogen-bond donors (Lipinski definition) is 1. The van der Waals surface area contributed by atoms with Crippen LogP contribution < -0.4 is 10.5 Å². The van der Waals surface area contributed by atoms with Crippen LogP contribution >= 0.6 is 0 Å². The van der Waals surface area contributed by atoms with Gasteiger partial charge in [-0.05, 0) is 6.07 Å². The minimum atomic E-state index is 0.251. The first-order chi connectivity index (χ1) is 6.90. The number of ether oxygens (including phenoxy) is 2. The second-order valence-corrected chi connectivity index (χ2v) is 3.28. The van der Waals surface area contributed by atoms with Crippen molar-refractivity contribution in [3.63, 3.8) is 0 Å². The Morgan fingerprint density at radius 3 is 3.14 bits per heavy atom. The first-order valence-corrected chi connectivity index (χ1v) is 4.77. The number of nitrogens with zero attached hydrogens (tertiary/aromatic N) is 1. The van der Waals surface area contributed by atoms with Gasteiger partial charge < -0.3 is 15.2 Å². The maximum atomic E-state index is 5.56. The van der Waals surface area contributed by atoms with Gasteiger partial charge >= 0.3 is 0 Å². The summed E-state index contributed by atoms with van der Waals surface area (Å²) in [5.41, 5.74) is 6.55. The first kappa shape index (κ1) is 9.43. The fourth-order valence-corrected chi connectivity index (χ4v) is 1.31. The van der Waals surface area contributed by atoms with E-state index in [4.69, 9.17) is 15.2 Å². The molecule has 0 bridgehead atoms. The second kappa shape index (κ2) is 4.39. The lowest BCUT2D eigenvalue weighted by Gasteiger charge is -2.26. The lowest BCUT2D eigenvalue weighted by molar-refractivity contribution is -0.0722. The van der Waals surface area contributed by atoms with Gasteiger partial charge in [0.2, 0.25) is 0 Å². The van der Waals surface area contributed by atoms with Crippen molar-refractivity contribution in [1.29, 1.82) is 0 Å². The molecule has 1 aliphatic rings. The van der Waals surface area contributed by atoms with Gasteiger partial charge in [-0.25, -0.2) is 0 Å². The smallest absolute Gasteiger partial charge is 0.142 e. The Morgan fingerprint density at radius 2 is 2.50 bits per heavy atom. The number of aromatic nitrogens is 1. The van der Waals surface area contributed by atoms with Crippen LogP contribution in [0.5, 0.6) is 5.75 Å². The minimum Gasteiger partial charge on any atom is -0.489 e. The van der Waals surface area contributed by atoms with Crippen molar-refractivity contribution >= 4 is 0 Å². The molecule has 1 unspecified atom stereocenters. The van der Waals surface area contributed by atoms with Crippen molar-refractivity contribution in [2.45, 2.75) is 19.1 Å². The molecule has 0 aromatic carbocycles. The zero-order chi connectivity index (χ0) is 9.80. The van der Waals surface area contributed by atoms with Crippen molar-refractivity contribution in [3.05, 3.63) is 24.0 Å². The summed E-state index contributed by atoms with van der Waals surface area (Å²) in [6.45, 7) is 1.92. The molecule has 2 N–H and O–H groups in total. The van der Waals surface area contributed by atoms with Gasteiger partial charge in [-0.15, -0.1) is 0 Å². The molecule has 1 aromatic heterocycles. The summed E-state index contributed by atoms with van der Waals surface area (Å²) in [6, 6.07) is 1.87. The molecule has 1 saturated heterocycles. The summed E-state index contributed by atoms with van der Waals surface area (Å²) in [6.07, 6.45) is 4.74. The highest BCUT2D eigenvalue weighted by Crippen LogP contribution is 2.18. The Labute approximate surface area is 83.0 Å². The molecule has 14 heavy (non-hydrogen) atoms. The Bertz CT molecular complexity index is 300. The summed E-state index contributed by atoms with van der Waals surface area (Å²) < 4.78 is 10.8. The van der Waals surface area contributed by atoms with E-state index >= 15 is 0 Å². The van der Waals surface area contributed by atoms with E-state index in [0.717, 1.165) is 24.3 Å². The van der Waals surface area contributed by atoms with Gasteiger partial charge in [0.15, 0.2) is 0 Å². The topological polar surface area (TPSA) is 57.4 Å². The van der Waals surface area contributed by atoms with Crippen LogP contribution in [0.4, 0.5) is 0 Å². The van der Waals surface area contributed by atoms with Crippen LogP contribution in [-0.2, 0) is 11.3 Å². The van der Waals surface area contributed by atoms with Crippen molar-refractivity contribution in [2.24, 2.45) is 5.73 Å². The summed E-state index contributed by atoms with van der Waals surface area (Å²) in [7, 11) is 0. The molecule has 4 nitrogen and oxygen atoms in total. The molecule has 1 fully saturated rings. The van der Waals surface area contributed by atoms with Gasteiger partial charge in [-0.1, -0.05) is 0 Å². The van der Waals surface area contributed by atoms with E-state index in [1.165, 1.54) is 0 Å². The molecule has 0 aliphatic carbocycles. The number of hydrogen-bond acceptors (Lipinski definition) is 4. The van der Waals surface area contributed by atoms with Crippen LogP contribution in [0.15, 0.2) is 18.5 Å². The van der Waals surface area contributed by atoms with E-state index in [1.54, 1.807) is 12.4 Å². The molecule has 0 amide bonds. The van der Waals surface area contributed by atoms with E-state index in [1.807, 2.05) is 6.07 Å². The molecule has 1 atom stereocenters. The number of nitrogens with two attached hydrogens (primary N) is 1. The number of pyridine rings is 1. The Balaban J connectivity index is 1.93. The van der Waals surface area contributed by atoms with Gasteiger partial charge in [-0.2, -0.15) is 0 Å². The molecule has 2 rings (SSSR count). The highest BCUT2D eigenvalue weighted by molar-refractivity contribution is 5.29. The SMILES string of the molecule is NCc1ccncc1OCC1CCO1. The van der Waals surface area contributed by atoms with Gasteiger partial charge in [0.05, 0.1) is 12.3 Å². The summed E-state index contributed by atoms with van der Waals surface area (Å²) >= 11 is 0. The summed E-state index contributed by atoms with van der Waals surface area (Å²) in [4.78, 5) is 3.99. The molecular formula is C10H14N2O2. The summed E-state index contributed by atoms with van der Waals surface area (Å²) in [5.74, 6) is 0.769. The van der Waals surface area contributed by atoms with Crippen molar-refractivity contribution in [1.82, 2.24) is 4.98 Å². The Kier molecular flexibility index (Phi) is 2.96. The normalized spacial score (nSPS) is 20.2. The van der Waals surface area contributed by atoms with Crippen molar-refractivity contribution in [3.8, 4) is 5.75 Å². The second-order valence-electron chi connectivity index (χ2n) is 3.28. The predicted molar refractivity (Wildman–Crippen MR) is 52.0 cm³/mol. The molecular weight excluding hydrogens is 180 g/mol. The molecule has 0 saturated carbocycles. The largest absolute Gasteiger partial charge is 0.489 e. The zero-order valence-electron chi connectivity index (χ0n) is 7.98. The molecule has 76 valence electrons. The van der Waals surface area contributed by atoms with E-state index in [0.29, 0.717) is 13.2 Å². The zero-order valence-corrected chi connectivity index (χ0v) is 7.98. The summed E-state index contributed by atoms with van der Waals surface area (Å²) in [5, 5.41) is 0. The lowest BCUT2D eigenvalue weighted by atomic mass is 10.2. The molecule has 4 heteroatoms. The Morgan fingerprint density at radius 1 is 1.64 bits per heavy atom. The highest BCUT2D eigenvalue weighted by atomic mass is 16.5. The van der Waals surface area contributed by atoms with Crippen LogP contribution in [0, 0.1) is 0 Å². The van der Waals surface area contributed by atoms with Gasteiger partial charge in [-0.3, -0.25) is 4.98 Å². The fraction of sp³-hybridized carbons (Fsp3) is 0.500. The molecule has 0 spiro atoms. The van der Waals surface area contributed by atoms with E-state index < -0.39 is 0 Å². The van der Waals surface area contributed by atoms with Crippen molar-refractivity contribution in [2.75, 3.05) is 13.2 Å². The van der Waals surface area contributed by atoms with Crippen LogP contribution in [0.2, 0.25) is 0 Å². The maximum Gasteiger partial charge on any atom is 0.142 e. The predicted octanol–water partition coefficient (Wildman–Crippen LogP) is 0.708. The average molecular weight is 194 g/mol. The lowest BCUT2D eigenvalue weighted by Crippen LogP contribution is -2.32. The van der Waals surface area contributed by atoms with Crippen LogP contribution in [0.1, 0.15) is 12.0 Å². The van der Waals surface area contributed by atoms with E-state index in [2.05, 4.69) is 4.98 Å². The Hall–Kier alpha value is -1.13. The molecule has 1 aliphatic heterocycles. The monoisotopic (exact) mass is 194 g/mol. The van der Waals surface area contributed by atoms with Crippen molar-refractivity contribution < 1.29 is 9.47 Å². The van der Waals surface area contributed by atoms with E-state index in [9.17, 15) is 0 Å². The molecule has 1 aromatic rings. The molecule has 0 radical (unpaired) electrons. The first-order valence-electron chi connectivity index (χ1n) is 4.77. The highest BCUT2D eigenvalue weighted by Gasteiger charge is 2.18. The van der Waals surface area contributed by atoms with Crippen LogP contribution in [-0.4, -0.2) is 24.3 Å². The minimum absolute atomic E-state index is 0.251. The van der Waals surface area contributed by atoms with Gasteiger partial charge in [0.25, 0.3) is 0 Å². The average Bonchev–Trinajstić information content (AvgIpc) is 2.16. The third kappa shape index (κ3) is 2.02. The number of rotatable bonds is 4. The fourth-order valence-electron chi connectivity index (χ4n) is 1.31. The third-order valence-corrected chi connectivity index (χ3v) is 2.31. The standard InChI is InChI=1S/C10H14N2O2/c11-5-8-1-3-12-6-10(8)14-7-9-2-4-13-9/h1,3,6,9H,2,4-5,7,11H2. The molecule has 2 heterocycles. The van der Waals surface area contributed by atoms with Gasteiger partial charge in [0, 0.05) is 31.3 Å².